The zero-order valence-corrected chi connectivity index (χ0v) is 10.8. The van der Waals surface area contributed by atoms with Crippen LogP contribution in [-0.4, -0.2) is 4.98 Å². The van der Waals surface area contributed by atoms with E-state index < -0.39 is 0 Å². The molecule has 2 aromatic carbocycles. The predicted octanol–water partition coefficient (Wildman–Crippen LogP) is 4.55. The highest BCUT2D eigenvalue weighted by Gasteiger charge is 2.07. The molecule has 0 amide bonds. The summed E-state index contributed by atoms with van der Waals surface area (Å²) in [6.45, 7) is 8.68. The monoisotopic (exact) mass is 223 g/mol. The molecule has 1 aromatic heterocycles. The fourth-order valence-electron chi connectivity index (χ4n) is 2.43. The molecule has 0 spiro atoms. The van der Waals surface area contributed by atoms with Gasteiger partial charge in [0.1, 0.15) is 0 Å². The first-order valence-corrected chi connectivity index (χ1v) is 6.06. The molecule has 0 aliphatic heterocycles. The number of hydrogen-bond acceptors (Lipinski definition) is 0. The Bertz CT molecular complexity index is 670. The fraction of sp³-hybridized carbons (Fsp3) is 0.250. The van der Waals surface area contributed by atoms with Crippen LogP contribution in [0.15, 0.2) is 24.3 Å². The second kappa shape index (κ2) is 3.36. The normalized spacial score (nSPS) is 11.5. The van der Waals surface area contributed by atoms with Crippen LogP contribution in [0, 0.1) is 27.7 Å². The van der Waals surface area contributed by atoms with Gasteiger partial charge in [-0.15, -0.1) is 0 Å². The van der Waals surface area contributed by atoms with Crippen molar-refractivity contribution < 1.29 is 0 Å². The SMILES string of the molecule is Cc1cc2[nH]c3cc(C)c(C)cc3c2cc1C. The number of hydrogen-bond donors (Lipinski definition) is 1. The van der Waals surface area contributed by atoms with Gasteiger partial charge in [0, 0.05) is 21.8 Å². The van der Waals surface area contributed by atoms with Crippen LogP contribution in [0.1, 0.15) is 22.3 Å². The summed E-state index contributed by atoms with van der Waals surface area (Å²) in [7, 11) is 0. The molecule has 0 radical (unpaired) electrons. The van der Waals surface area contributed by atoms with Crippen molar-refractivity contribution in [2.24, 2.45) is 0 Å². The third-order valence-corrected chi connectivity index (χ3v) is 3.83. The van der Waals surface area contributed by atoms with Gasteiger partial charge in [-0.1, -0.05) is 0 Å². The molecule has 17 heavy (non-hydrogen) atoms. The molecular weight excluding hydrogens is 206 g/mol. The van der Waals surface area contributed by atoms with Crippen LogP contribution in [0.25, 0.3) is 21.8 Å². The molecule has 0 aliphatic rings. The Morgan fingerprint density at radius 2 is 0.941 bits per heavy atom. The van der Waals surface area contributed by atoms with Crippen molar-refractivity contribution in [3.8, 4) is 0 Å². The average Bonchev–Trinajstić information content (AvgIpc) is 2.58. The third kappa shape index (κ3) is 1.46. The number of nitrogens with one attached hydrogen (secondary N) is 1. The van der Waals surface area contributed by atoms with Gasteiger partial charge in [0.25, 0.3) is 0 Å². The van der Waals surface area contributed by atoms with Crippen molar-refractivity contribution in [1.82, 2.24) is 4.98 Å². The maximum atomic E-state index is 3.51. The first kappa shape index (κ1) is 10.4. The van der Waals surface area contributed by atoms with Crippen LogP contribution in [0.3, 0.4) is 0 Å². The summed E-state index contributed by atoms with van der Waals surface area (Å²) in [6.07, 6.45) is 0. The Kier molecular flexibility index (Phi) is 2.06. The lowest BCUT2D eigenvalue weighted by molar-refractivity contribution is 1.35. The summed E-state index contributed by atoms with van der Waals surface area (Å²) in [5, 5.41) is 2.68. The number of aryl methyl sites for hydroxylation is 4. The second-order valence-electron chi connectivity index (χ2n) is 5.09. The molecule has 86 valence electrons. The molecule has 0 fully saturated rings. The Morgan fingerprint density at radius 1 is 0.588 bits per heavy atom. The van der Waals surface area contributed by atoms with Gasteiger partial charge in [0.15, 0.2) is 0 Å². The molecule has 3 rings (SSSR count). The van der Waals surface area contributed by atoms with Gasteiger partial charge in [-0.25, -0.2) is 0 Å². The highest BCUT2D eigenvalue weighted by atomic mass is 14.7. The second-order valence-corrected chi connectivity index (χ2v) is 5.09. The molecule has 1 heteroatoms. The summed E-state index contributed by atoms with van der Waals surface area (Å²) in [5.74, 6) is 0. The van der Waals surface area contributed by atoms with Gasteiger partial charge in [-0.05, 0) is 74.2 Å². The van der Waals surface area contributed by atoms with Crippen LogP contribution in [0.4, 0.5) is 0 Å². The molecule has 0 atom stereocenters. The molecule has 0 aliphatic carbocycles. The van der Waals surface area contributed by atoms with Crippen molar-refractivity contribution in [2.75, 3.05) is 0 Å². The van der Waals surface area contributed by atoms with Crippen molar-refractivity contribution in [3.05, 3.63) is 46.5 Å². The van der Waals surface area contributed by atoms with E-state index in [0.717, 1.165) is 0 Å². The van der Waals surface area contributed by atoms with Gasteiger partial charge >= 0.3 is 0 Å². The minimum atomic E-state index is 1.24. The van der Waals surface area contributed by atoms with E-state index in [1.54, 1.807) is 0 Å². The Labute approximate surface area is 101 Å². The minimum Gasteiger partial charge on any atom is -0.354 e. The van der Waals surface area contributed by atoms with Crippen molar-refractivity contribution in [1.29, 1.82) is 0 Å². The van der Waals surface area contributed by atoms with E-state index in [9.17, 15) is 0 Å². The minimum absolute atomic E-state index is 1.24. The maximum absolute atomic E-state index is 3.51. The van der Waals surface area contributed by atoms with E-state index in [4.69, 9.17) is 0 Å². The summed E-state index contributed by atoms with van der Waals surface area (Å²) in [5.41, 5.74) is 7.89. The Hall–Kier alpha value is -1.76. The Morgan fingerprint density at radius 3 is 1.35 bits per heavy atom. The standard InChI is InChI=1S/C16H17N/c1-9-5-13-14-6-10(2)12(4)8-16(14)17-15(13)7-11(9)3/h5-8,17H,1-4H3. The lowest BCUT2D eigenvalue weighted by Gasteiger charge is -2.01. The van der Waals surface area contributed by atoms with Crippen molar-refractivity contribution in [2.45, 2.75) is 27.7 Å². The zero-order chi connectivity index (χ0) is 12.2. The summed E-state index contributed by atoms with van der Waals surface area (Å²) < 4.78 is 0. The van der Waals surface area contributed by atoms with E-state index in [1.165, 1.54) is 44.1 Å². The molecule has 1 heterocycles. The van der Waals surface area contributed by atoms with Crippen LogP contribution >= 0.6 is 0 Å². The van der Waals surface area contributed by atoms with E-state index in [0.29, 0.717) is 0 Å². The van der Waals surface area contributed by atoms with E-state index in [-0.39, 0.29) is 0 Å². The van der Waals surface area contributed by atoms with E-state index in [1.807, 2.05) is 0 Å². The van der Waals surface area contributed by atoms with Gasteiger partial charge in [0.2, 0.25) is 0 Å². The van der Waals surface area contributed by atoms with Gasteiger partial charge in [-0.2, -0.15) is 0 Å². The Balaban J connectivity index is 2.51. The van der Waals surface area contributed by atoms with Gasteiger partial charge in [-0.3, -0.25) is 0 Å². The maximum Gasteiger partial charge on any atom is 0.0467 e. The molecule has 1 N–H and O–H groups in total. The number of aromatic amines is 1. The van der Waals surface area contributed by atoms with Crippen LogP contribution in [0.5, 0.6) is 0 Å². The average molecular weight is 223 g/mol. The van der Waals surface area contributed by atoms with Crippen LogP contribution in [0.2, 0.25) is 0 Å². The number of benzene rings is 2. The van der Waals surface area contributed by atoms with Crippen LogP contribution < -0.4 is 0 Å². The quantitative estimate of drug-likeness (QED) is 0.575. The lowest BCUT2D eigenvalue weighted by Crippen LogP contribution is -1.80. The summed E-state index contributed by atoms with van der Waals surface area (Å²) in [4.78, 5) is 3.51. The predicted molar refractivity (Wildman–Crippen MR) is 74.8 cm³/mol. The molecular formula is C16H17N. The van der Waals surface area contributed by atoms with Gasteiger partial charge < -0.3 is 4.98 Å². The smallest absolute Gasteiger partial charge is 0.0467 e. The molecule has 0 unspecified atom stereocenters. The molecule has 0 saturated carbocycles. The van der Waals surface area contributed by atoms with Crippen molar-refractivity contribution in [3.63, 3.8) is 0 Å². The van der Waals surface area contributed by atoms with Crippen molar-refractivity contribution >= 4 is 21.8 Å². The van der Waals surface area contributed by atoms with Gasteiger partial charge in [0.05, 0.1) is 0 Å². The molecule has 1 nitrogen and oxygen atoms in total. The lowest BCUT2D eigenvalue weighted by atomic mass is 10.0. The molecule has 0 bridgehead atoms. The highest BCUT2D eigenvalue weighted by Crippen LogP contribution is 2.29. The fourth-order valence-corrected chi connectivity index (χ4v) is 2.43. The first-order valence-electron chi connectivity index (χ1n) is 6.06. The largest absolute Gasteiger partial charge is 0.354 e. The van der Waals surface area contributed by atoms with Crippen LogP contribution in [-0.2, 0) is 0 Å². The molecule has 0 saturated heterocycles. The topological polar surface area (TPSA) is 15.8 Å². The third-order valence-electron chi connectivity index (χ3n) is 3.83. The number of rotatable bonds is 0. The molecule has 3 aromatic rings. The summed E-state index contributed by atoms with van der Waals surface area (Å²) in [6, 6.07) is 9.07. The zero-order valence-electron chi connectivity index (χ0n) is 10.8. The summed E-state index contributed by atoms with van der Waals surface area (Å²) >= 11 is 0. The first-order chi connectivity index (χ1) is 8.06. The highest BCUT2D eigenvalue weighted by molar-refractivity contribution is 6.08. The number of aromatic nitrogens is 1. The number of H-pyrrole nitrogens is 1. The van der Waals surface area contributed by atoms with E-state index >= 15 is 0 Å². The number of fused-ring (bicyclic) bond motifs is 3. The van der Waals surface area contributed by atoms with E-state index in [2.05, 4.69) is 56.9 Å².